The lowest BCUT2D eigenvalue weighted by Crippen LogP contribution is -2.46. The van der Waals surface area contributed by atoms with Crippen LogP contribution in [-0.2, 0) is 28.8 Å². The van der Waals surface area contributed by atoms with Gasteiger partial charge in [-0.1, -0.05) is 20.8 Å². The van der Waals surface area contributed by atoms with Crippen LogP contribution in [-0.4, -0.2) is 142 Å². The first-order valence-electron chi connectivity index (χ1n) is 18.3. The molecule has 0 saturated carbocycles. The highest BCUT2D eigenvalue weighted by Crippen LogP contribution is 2.21. The minimum atomic E-state index is -1.26. The molecule has 0 spiro atoms. The molecule has 0 bridgehead atoms. The van der Waals surface area contributed by atoms with E-state index in [-0.39, 0.29) is 50.0 Å². The van der Waals surface area contributed by atoms with Gasteiger partial charge in [0.1, 0.15) is 0 Å². The number of aliphatic carboxylic acids is 4. The van der Waals surface area contributed by atoms with Crippen molar-refractivity contribution in [1.29, 1.82) is 0 Å². The van der Waals surface area contributed by atoms with Gasteiger partial charge in [0.15, 0.2) is 0 Å². The molecule has 0 atom stereocenters. The third-order valence-electron chi connectivity index (χ3n) is 8.22. The second-order valence-electron chi connectivity index (χ2n) is 14.7. The first kappa shape index (κ1) is 46.7. The van der Waals surface area contributed by atoms with Crippen molar-refractivity contribution in [3.05, 3.63) is 83.9 Å². The standard InChI is InChI=1S/C40H49N7O12/c1-40(2,3)20-32(48)41-28-8-4-26(5-9-28)38(58)43-30-10-6-27(7-11-30)39(59)44-31-14-12-29(13-15-31)42-33(49)21-45(16-18-46(22-34(50)51)23-35(52)53)17-19-47(24-36(54)55)25-37(56)57/h4-15H,16-25H2,1-3H3,(H,41,48)(H,42,49)(H,43,58)(H,44,59)(H,50,51)(H,52,53)(H,54,55)(H,56,57). The number of carbonyl (C=O) groups excluding carboxylic acids is 4. The summed E-state index contributed by atoms with van der Waals surface area (Å²) in [6.45, 7) is 3.10. The molecule has 0 aliphatic carbocycles. The van der Waals surface area contributed by atoms with Crippen molar-refractivity contribution in [2.75, 3.05) is 80.2 Å². The molecule has 0 aromatic heterocycles. The fourth-order valence-corrected chi connectivity index (χ4v) is 5.57. The number of nitrogens with zero attached hydrogens (tertiary/aromatic N) is 3. The molecule has 0 saturated heterocycles. The summed E-state index contributed by atoms with van der Waals surface area (Å²) in [5.74, 6) is -6.53. The minimum Gasteiger partial charge on any atom is -0.480 e. The molecule has 316 valence electrons. The zero-order valence-corrected chi connectivity index (χ0v) is 32.9. The van der Waals surface area contributed by atoms with Crippen LogP contribution in [0.25, 0.3) is 0 Å². The number of rotatable bonds is 23. The van der Waals surface area contributed by atoms with Gasteiger partial charge in [-0.3, -0.25) is 53.1 Å². The Morgan fingerprint density at radius 2 is 0.712 bits per heavy atom. The molecule has 3 aromatic carbocycles. The van der Waals surface area contributed by atoms with Gasteiger partial charge in [-0.15, -0.1) is 0 Å². The van der Waals surface area contributed by atoms with Crippen LogP contribution in [0.3, 0.4) is 0 Å². The molecular formula is C40H49N7O12. The van der Waals surface area contributed by atoms with Gasteiger partial charge in [0.25, 0.3) is 11.8 Å². The highest BCUT2D eigenvalue weighted by molar-refractivity contribution is 6.06. The largest absolute Gasteiger partial charge is 0.480 e. The third kappa shape index (κ3) is 18.4. The van der Waals surface area contributed by atoms with Gasteiger partial charge >= 0.3 is 23.9 Å². The fraction of sp³-hybridized carbons (Fsp3) is 0.350. The fourth-order valence-electron chi connectivity index (χ4n) is 5.57. The Morgan fingerprint density at radius 1 is 0.424 bits per heavy atom. The summed E-state index contributed by atoms with van der Waals surface area (Å²) < 4.78 is 0. The Labute approximate surface area is 340 Å². The van der Waals surface area contributed by atoms with Crippen LogP contribution < -0.4 is 21.3 Å². The number of carbonyl (C=O) groups is 8. The number of hydrogen-bond acceptors (Lipinski definition) is 11. The van der Waals surface area contributed by atoms with Crippen LogP contribution >= 0.6 is 0 Å². The zero-order chi connectivity index (χ0) is 43.7. The Bertz CT molecular complexity index is 1890. The molecule has 0 heterocycles. The van der Waals surface area contributed by atoms with Gasteiger partial charge in [-0.2, -0.15) is 0 Å². The number of carboxylic acid groups (broad SMARTS) is 4. The predicted molar refractivity (Wildman–Crippen MR) is 216 cm³/mol. The second kappa shape index (κ2) is 22.3. The van der Waals surface area contributed by atoms with Crippen LogP contribution in [0.5, 0.6) is 0 Å². The van der Waals surface area contributed by atoms with E-state index in [1.54, 1.807) is 48.5 Å². The van der Waals surface area contributed by atoms with E-state index >= 15 is 0 Å². The van der Waals surface area contributed by atoms with Gasteiger partial charge in [0, 0.05) is 66.5 Å². The summed E-state index contributed by atoms with van der Waals surface area (Å²) in [4.78, 5) is 99.8. The van der Waals surface area contributed by atoms with Gasteiger partial charge in [-0.25, -0.2) is 0 Å². The predicted octanol–water partition coefficient (Wildman–Crippen LogP) is 2.75. The average Bonchev–Trinajstić information content (AvgIpc) is 3.12. The van der Waals surface area contributed by atoms with E-state index in [0.29, 0.717) is 40.3 Å². The molecule has 0 radical (unpaired) electrons. The highest BCUT2D eigenvalue weighted by Gasteiger charge is 2.20. The first-order chi connectivity index (χ1) is 27.7. The number of anilines is 4. The minimum absolute atomic E-state index is 0.00574. The van der Waals surface area contributed by atoms with Crippen molar-refractivity contribution >= 4 is 70.3 Å². The van der Waals surface area contributed by atoms with Crippen LogP contribution in [0.1, 0.15) is 47.9 Å². The molecule has 8 N–H and O–H groups in total. The van der Waals surface area contributed by atoms with E-state index in [9.17, 15) is 58.8 Å². The third-order valence-corrected chi connectivity index (χ3v) is 8.22. The number of carboxylic acids is 4. The number of amides is 4. The zero-order valence-electron chi connectivity index (χ0n) is 32.9. The summed E-state index contributed by atoms with van der Waals surface area (Å²) >= 11 is 0. The second-order valence-corrected chi connectivity index (χ2v) is 14.7. The van der Waals surface area contributed by atoms with Gasteiger partial charge < -0.3 is 41.7 Å². The monoisotopic (exact) mass is 819 g/mol. The molecule has 0 fully saturated rings. The molecule has 19 heteroatoms. The topological polar surface area (TPSA) is 275 Å². The lowest BCUT2D eigenvalue weighted by Gasteiger charge is -2.28. The quantitative estimate of drug-likeness (QED) is 0.0683. The van der Waals surface area contributed by atoms with Crippen LogP contribution in [0, 0.1) is 5.41 Å². The Morgan fingerprint density at radius 3 is 1.03 bits per heavy atom. The number of nitrogens with one attached hydrogen (secondary N) is 4. The molecule has 59 heavy (non-hydrogen) atoms. The SMILES string of the molecule is CC(C)(C)CC(=O)Nc1ccc(C(=O)Nc2ccc(C(=O)Nc3ccc(NC(=O)CN(CCN(CC(=O)O)CC(=O)O)CCN(CC(=O)O)CC(=O)O)cc3)cc2)cc1. The van der Waals surface area contributed by atoms with Gasteiger partial charge in [0.05, 0.1) is 32.7 Å². The van der Waals surface area contributed by atoms with E-state index in [1.807, 2.05) is 20.8 Å². The lowest BCUT2D eigenvalue weighted by molar-refractivity contribution is -0.143. The maximum atomic E-state index is 13.1. The summed E-state index contributed by atoms with van der Waals surface area (Å²) in [5, 5.41) is 47.7. The van der Waals surface area contributed by atoms with Crippen molar-refractivity contribution in [1.82, 2.24) is 14.7 Å². The van der Waals surface area contributed by atoms with Crippen molar-refractivity contribution in [3.8, 4) is 0 Å². The molecular weight excluding hydrogens is 770 g/mol. The van der Waals surface area contributed by atoms with E-state index in [4.69, 9.17) is 0 Å². The van der Waals surface area contributed by atoms with Gasteiger partial charge in [-0.05, 0) is 78.2 Å². The van der Waals surface area contributed by atoms with E-state index in [2.05, 4.69) is 21.3 Å². The molecule has 3 rings (SSSR count). The molecule has 0 aliphatic heterocycles. The molecule has 0 unspecified atom stereocenters. The number of hydrogen-bond donors (Lipinski definition) is 8. The van der Waals surface area contributed by atoms with Crippen molar-refractivity contribution in [2.24, 2.45) is 5.41 Å². The summed E-state index contributed by atoms with van der Waals surface area (Å²) in [6.07, 6.45) is 0.347. The molecule has 0 aliphatic rings. The van der Waals surface area contributed by atoms with E-state index in [1.165, 1.54) is 29.2 Å². The molecule has 19 nitrogen and oxygen atoms in total. The van der Waals surface area contributed by atoms with Crippen molar-refractivity contribution in [3.63, 3.8) is 0 Å². The maximum Gasteiger partial charge on any atom is 0.317 e. The Hall–Kier alpha value is -6.70. The number of benzene rings is 3. The van der Waals surface area contributed by atoms with Crippen LogP contribution in [0.2, 0.25) is 0 Å². The van der Waals surface area contributed by atoms with Crippen LogP contribution in [0.15, 0.2) is 72.8 Å². The lowest BCUT2D eigenvalue weighted by atomic mass is 9.92. The summed E-state index contributed by atoms with van der Waals surface area (Å²) in [7, 11) is 0. The van der Waals surface area contributed by atoms with Crippen LogP contribution in [0.4, 0.5) is 22.7 Å². The Balaban J connectivity index is 1.57. The van der Waals surface area contributed by atoms with E-state index in [0.717, 1.165) is 9.80 Å². The normalized spacial score (nSPS) is 11.2. The maximum absolute atomic E-state index is 13.1. The smallest absolute Gasteiger partial charge is 0.317 e. The molecule has 4 amide bonds. The van der Waals surface area contributed by atoms with Crippen molar-refractivity contribution < 1.29 is 58.8 Å². The summed E-state index contributed by atoms with van der Waals surface area (Å²) in [6, 6.07) is 18.8. The van der Waals surface area contributed by atoms with Crippen molar-refractivity contribution in [2.45, 2.75) is 27.2 Å². The highest BCUT2D eigenvalue weighted by atomic mass is 16.4. The molecule has 3 aromatic rings. The first-order valence-corrected chi connectivity index (χ1v) is 18.3. The summed E-state index contributed by atoms with van der Waals surface area (Å²) in [5.41, 5.74) is 2.27. The van der Waals surface area contributed by atoms with Gasteiger partial charge in [0.2, 0.25) is 11.8 Å². The van der Waals surface area contributed by atoms with E-state index < -0.39 is 61.9 Å². The Kier molecular flexibility index (Phi) is 17.6. The average molecular weight is 820 g/mol.